The molecule has 0 saturated heterocycles. The summed E-state index contributed by atoms with van der Waals surface area (Å²) in [7, 11) is 0. The van der Waals surface area contributed by atoms with Crippen molar-refractivity contribution >= 4 is 0 Å². The first-order valence-electron chi connectivity index (χ1n) is 4.71. The van der Waals surface area contributed by atoms with Gasteiger partial charge in [-0.2, -0.15) is 0 Å². The first kappa shape index (κ1) is 11.1. The van der Waals surface area contributed by atoms with Crippen molar-refractivity contribution in [2.75, 3.05) is 0 Å². The zero-order valence-electron chi connectivity index (χ0n) is 8.24. The van der Waals surface area contributed by atoms with Crippen LogP contribution in [0.2, 0.25) is 0 Å². The molecular weight excluding hydrogens is 144 g/mol. The molecule has 0 aromatic rings. The van der Waals surface area contributed by atoms with Gasteiger partial charge in [0, 0.05) is 12.8 Å². The first-order valence-corrected chi connectivity index (χ1v) is 4.71. The van der Waals surface area contributed by atoms with Gasteiger partial charge in [-0.1, -0.05) is 12.8 Å². The predicted octanol–water partition coefficient (Wildman–Crippen LogP) is 3.37. The molecule has 0 saturated carbocycles. The Balaban J connectivity index is 2.97. The quantitative estimate of drug-likeness (QED) is 0.429. The predicted molar refractivity (Wildman–Crippen MR) is 54.6 cm³/mol. The van der Waals surface area contributed by atoms with Crippen molar-refractivity contribution in [2.45, 2.75) is 52.4 Å². The zero-order chi connectivity index (χ0) is 9.07. The van der Waals surface area contributed by atoms with Crippen molar-refractivity contribution in [1.29, 1.82) is 0 Å². The largest absolute Gasteiger partial charge is 0.107 e. The topological polar surface area (TPSA) is 0 Å². The van der Waals surface area contributed by atoms with E-state index in [1.807, 2.05) is 13.8 Å². The molecule has 0 aliphatic heterocycles. The highest BCUT2D eigenvalue weighted by Gasteiger charge is 1.86. The summed E-state index contributed by atoms with van der Waals surface area (Å²) in [4.78, 5) is 0. The fourth-order valence-corrected chi connectivity index (χ4v) is 1.03. The van der Waals surface area contributed by atoms with Crippen molar-refractivity contribution in [1.82, 2.24) is 0 Å². The Bertz CT molecular complexity index is 168. The maximum atomic E-state index is 3.07. The van der Waals surface area contributed by atoms with E-state index in [9.17, 15) is 0 Å². The lowest BCUT2D eigenvalue weighted by Gasteiger charge is -1.94. The second-order valence-electron chi connectivity index (χ2n) is 2.77. The van der Waals surface area contributed by atoms with Gasteiger partial charge in [-0.3, -0.25) is 0 Å². The molecule has 0 amide bonds. The van der Waals surface area contributed by atoms with E-state index in [1.165, 1.54) is 25.7 Å². The van der Waals surface area contributed by atoms with Crippen LogP contribution in [0.3, 0.4) is 0 Å². The van der Waals surface area contributed by atoms with Crippen LogP contribution in [0.15, 0.2) is 0 Å². The first-order chi connectivity index (χ1) is 5.91. The summed E-state index contributed by atoms with van der Waals surface area (Å²) in [6.45, 7) is 3.80. The Hall–Kier alpha value is -0.880. The maximum Gasteiger partial charge on any atom is 0.00885 e. The molecule has 0 bridgehead atoms. The van der Waals surface area contributed by atoms with Gasteiger partial charge < -0.3 is 0 Å². The molecule has 0 aliphatic rings. The summed E-state index contributed by atoms with van der Waals surface area (Å²) in [5, 5.41) is 0. The van der Waals surface area contributed by atoms with Gasteiger partial charge in [-0.15, -0.1) is 23.7 Å². The van der Waals surface area contributed by atoms with E-state index >= 15 is 0 Å². The molecule has 0 rings (SSSR count). The van der Waals surface area contributed by atoms with Gasteiger partial charge in [0.2, 0.25) is 0 Å². The van der Waals surface area contributed by atoms with Crippen LogP contribution in [0.4, 0.5) is 0 Å². The van der Waals surface area contributed by atoms with E-state index < -0.39 is 0 Å². The molecule has 0 fully saturated rings. The van der Waals surface area contributed by atoms with E-state index in [4.69, 9.17) is 0 Å². The Morgan fingerprint density at radius 3 is 1.42 bits per heavy atom. The highest BCUT2D eigenvalue weighted by atomic mass is 13.9. The second kappa shape index (κ2) is 10.1. The minimum absolute atomic E-state index is 1.07. The van der Waals surface area contributed by atoms with Crippen LogP contribution in [-0.2, 0) is 0 Å². The molecule has 0 atom stereocenters. The summed E-state index contributed by atoms with van der Waals surface area (Å²) >= 11 is 0. The molecule has 0 nitrogen and oxygen atoms in total. The highest BCUT2D eigenvalue weighted by Crippen LogP contribution is 2.03. The molecule has 0 radical (unpaired) electrons. The van der Waals surface area contributed by atoms with Crippen LogP contribution in [0.5, 0.6) is 0 Å². The molecule has 0 aliphatic carbocycles. The Morgan fingerprint density at radius 1 is 0.667 bits per heavy atom. The van der Waals surface area contributed by atoms with Crippen LogP contribution in [0.25, 0.3) is 0 Å². The minimum atomic E-state index is 1.07. The van der Waals surface area contributed by atoms with Crippen LogP contribution in [0.1, 0.15) is 52.4 Å². The molecule has 12 heavy (non-hydrogen) atoms. The molecule has 0 heterocycles. The third-order valence-corrected chi connectivity index (χ3v) is 1.71. The zero-order valence-corrected chi connectivity index (χ0v) is 8.24. The number of rotatable bonds is 5. The molecule has 0 heteroatoms. The fraction of sp³-hybridized carbons (Fsp3) is 0.667. The summed E-state index contributed by atoms with van der Waals surface area (Å²) in [6.07, 6.45) is 7.24. The Morgan fingerprint density at radius 2 is 1.08 bits per heavy atom. The van der Waals surface area contributed by atoms with E-state index in [0.29, 0.717) is 0 Å². The van der Waals surface area contributed by atoms with Gasteiger partial charge in [0.15, 0.2) is 0 Å². The fourth-order valence-electron chi connectivity index (χ4n) is 1.03. The molecule has 0 spiro atoms. The van der Waals surface area contributed by atoms with Crippen LogP contribution >= 0.6 is 0 Å². The molecule has 66 valence electrons. The van der Waals surface area contributed by atoms with Crippen molar-refractivity contribution < 1.29 is 0 Å². The number of unbranched alkanes of at least 4 members (excludes halogenated alkanes) is 5. The summed E-state index contributed by atoms with van der Waals surface area (Å²) < 4.78 is 0. The van der Waals surface area contributed by atoms with Crippen molar-refractivity contribution in [3.63, 3.8) is 0 Å². The average molecular weight is 162 g/mol. The van der Waals surface area contributed by atoms with E-state index in [1.54, 1.807) is 0 Å². The Kier molecular flexibility index (Phi) is 9.38. The maximum absolute atomic E-state index is 3.07. The lowest BCUT2D eigenvalue weighted by atomic mass is 10.1. The third kappa shape index (κ3) is 9.12. The molecule has 0 aromatic heterocycles. The second-order valence-corrected chi connectivity index (χ2v) is 2.77. The van der Waals surface area contributed by atoms with Gasteiger partial charge >= 0.3 is 0 Å². The van der Waals surface area contributed by atoms with E-state index in [0.717, 1.165) is 12.8 Å². The molecular formula is C12H18. The van der Waals surface area contributed by atoms with Gasteiger partial charge in [0.05, 0.1) is 0 Å². The molecule has 0 aromatic carbocycles. The standard InChI is InChI=1S/C12H18/c1-3-5-7-9-11-12-10-8-6-4-2/h7-12H2,1-2H3. The average Bonchev–Trinajstić information content (AvgIpc) is 2.10. The van der Waals surface area contributed by atoms with E-state index in [2.05, 4.69) is 23.7 Å². The SMILES string of the molecule is CC#CCCCCCCC#CC. The Labute approximate surface area is 76.8 Å². The van der Waals surface area contributed by atoms with Gasteiger partial charge in [-0.05, 0) is 26.7 Å². The third-order valence-electron chi connectivity index (χ3n) is 1.71. The summed E-state index contributed by atoms with van der Waals surface area (Å²) in [6, 6.07) is 0. The molecule has 0 N–H and O–H groups in total. The lowest BCUT2D eigenvalue weighted by Crippen LogP contribution is -1.76. The van der Waals surface area contributed by atoms with Crippen molar-refractivity contribution in [3.05, 3.63) is 0 Å². The summed E-state index contributed by atoms with van der Waals surface area (Å²) in [5.41, 5.74) is 0. The smallest absolute Gasteiger partial charge is 0.00885 e. The van der Waals surface area contributed by atoms with Gasteiger partial charge in [0.25, 0.3) is 0 Å². The monoisotopic (exact) mass is 162 g/mol. The van der Waals surface area contributed by atoms with Crippen molar-refractivity contribution in [2.24, 2.45) is 0 Å². The van der Waals surface area contributed by atoms with E-state index in [-0.39, 0.29) is 0 Å². The summed E-state index contributed by atoms with van der Waals surface area (Å²) in [5.74, 6) is 12.0. The van der Waals surface area contributed by atoms with Gasteiger partial charge in [-0.25, -0.2) is 0 Å². The molecule has 0 unspecified atom stereocenters. The minimum Gasteiger partial charge on any atom is -0.107 e. The number of hydrogen-bond donors (Lipinski definition) is 0. The highest BCUT2D eigenvalue weighted by molar-refractivity contribution is 4.95. The van der Waals surface area contributed by atoms with Crippen molar-refractivity contribution in [3.8, 4) is 23.7 Å². The lowest BCUT2D eigenvalue weighted by molar-refractivity contribution is 0.661. The van der Waals surface area contributed by atoms with Gasteiger partial charge in [0.1, 0.15) is 0 Å². The normalized spacial score (nSPS) is 7.83. The van der Waals surface area contributed by atoms with Crippen LogP contribution in [0, 0.1) is 23.7 Å². The van der Waals surface area contributed by atoms with Crippen LogP contribution in [-0.4, -0.2) is 0 Å². The van der Waals surface area contributed by atoms with Crippen LogP contribution < -0.4 is 0 Å². The number of hydrogen-bond acceptors (Lipinski definition) is 0.